The zero-order valence-electron chi connectivity index (χ0n) is 10.9. The molecule has 1 fully saturated rings. The van der Waals surface area contributed by atoms with Gasteiger partial charge in [0.15, 0.2) is 0 Å². The van der Waals surface area contributed by atoms with Gasteiger partial charge in [-0.15, -0.1) is 0 Å². The molecule has 1 aromatic carbocycles. The Morgan fingerprint density at radius 1 is 1.50 bits per heavy atom. The Morgan fingerprint density at radius 3 is 2.94 bits per heavy atom. The van der Waals surface area contributed by atoms with Crippen LogP contribution in [0.3, 0.4) is 0 Å². The van der Waals surface area contributed by atoms with Gasteiger partial charge in [0.25, 0.3) is 0 Å². The van der Waals surface area contributed by atoms with Crippen LogP contribution in [0, 0.1) is 6.92 Å². The smallest absolute Gasteiger partial charge is 0.337 e. The third-order valence-electron chi connectivity index (χ3n) is 3.39. The number of aromatic carboxylic acids is 1. The van der Waals surface area contributed by atoms with Crippen molar-refractivity contribution in [3.05, 3.63) is 29.3 Å². The number of carboxylic acids is 1. The first kappa shape index (κ1) is 12.9. The van der Waals surface area contributed by atoms with Crippen molar-refractivity contribution in [2.24, 2.45) is 0 Å². The van der Waals surface area contributed by atoms with E-state index in [4.69, 9.17) is 0 Å². The summed E-state index contributed by atoms with van der Waals surface area (Å²) < 4.78 is 0. The van der Waals surface area contributed by atoms with Crippen molar-refractivity contribution in [3.8, 4) is 0 Å². The molecule has 1 atom stereocenters. The van der Waals surface area contributed by atoms with E-state index in [0.29, 0.717) is 11.6 Å². The Kier molecular flexibility index (Phi) is 3.87. The fraction of sp³-hybridized carbons (Fsp3) is 0.500. The van der Waals surface area contributed by atoms with Gasteiger partial charge in [-0.3, -0.25) is 0 Å². The Labute approximate surface area is 108 Å². The van der Waals surface area contributed by atoms with Crippen LogP contribution in [0.5, 0.6) is 0 Å². The molecule has 0 saturated carbocycles. The first-order valence-electron chi connectivity index (χ1n) is 6.35. The molecule has 1 saturated heterocycles. The molecule has 18 heavy (non-hydrogen) atoms. The second kappa shape index (κ2) is 5.40. The van der Waals surface area contributed by atoms with E-state index in [-0.39, 0.29) is 0 Å². The molecule has 0 spiro atoms. The van der Waals surface area contributed by atoms with Gasteiger partial charge < -0.3 is 15.3 Å². The number of nitrogens with zero attached hydrogens (tertiary/aromatic N) is 1. The monoisotopic (exact) mass is 248 g/mol. The summed E-state index contributed by atoms with van der Waals surface area (Å²) >= 11 is 0. The van der Waals surface area contributed by atoms with E-state index < -0.39 is 5.97 Å². The predicted octanol–water partition coefficient (Wildman–Crippen LogP) is 2.20. The summed E-state index contributed by atoms with van der Waals surface area (Å²) in [5.41, 5.74) is 2.07. The minimum absolute atomic E-state index is 0.338. The van der Waals surface area contributed by atoms with Gasteiger partial charge in [0.2, 0.25) is 0 Å². The second-order valence-corrected chi connectivity index (χ2v) is 5.10. The van der Waals surface area contributed by atoms with Crippen LogP contribution in [0.2, 0.25) is 0 Å². The number of likely N-dealkylation sites (N-methyl/N-ethyl adjacent to an activating group) is 1. The van der Waals surface area contributed by atoms with Gasteiger partial charge >= 0.3 is 5.97 Å². The molecule has 2 rings (SSSR count). The number of carboxylic acid groups (broad SMARTS) is 1. The van der Waals surface area contributed by atoms with E-state index in [0.717, 1.165) is 37.2 Å². The van der Waals surface area contributed by atoms with Crippen molar-refractivity contribution in [3.63, 3.8) is 0 Å². The highest BCUT2D eigenvalue weighted by molar-refractivity contribution is 5.94. The molecule has 1 heterocycles. The molecule has 4 nitrogen and oxygen atoms in total. The molecule has 2 N–H and O–H groups in total. The summed E-state index contributed by atoms with van der Waals surface area (Å²) in [5, 5.41) is 12.6. The third-order valence-corrected chi connectivity index (χ3v) is 3.39. The quantitative estimate of drug-likeness (QED) is 0.861. The topological polar surface area (TPSA) is 52.6 Å². The average Bonchev–Trinajstić information content (AvgIpc) is 2.31. The molecule has 1 aromatic rings. The van der Waals surface area contributed by atoms with Crippen LogP contribution in [0.4, 0.5) is 5.69 Å². The summed E-state index contributed by atoms with van der Waals surface area (Å²) in [4.78, 5) is 13.5. The number of anilines is 1. The van der Waals surface area contributed by atoms with Crippen molar-refractivity contribution in [1.29, 1.82) is 0 Å². The highest BCUT2D eigenvalue weighted by atomic mass is 16.4. The Morgan fingerprint density at radius 2 is 2.28 bits per heavy atom. The van der Waals surface area contributed by atoms with Crippen LogP contribution in [-0.4, -0.2) is 42.2 Å². The molecular weight excluding hydrogens is 228 g/mol. The standard InChI is InChI=1S/C14H20N2O2/c1-10-5-6-13(12(8-10)14(17)18)15-11-4-3-7-16(2)9-11/h5-6,8,11,15H,3-4,7,9H2,1-2H3,(H,17,18). The van der Waals surface area contributed by atoms with Gasteiger partial charge in [-0.25, -0.2) is 4.79 Å². The summed E-state index contributed by atoms with van der Waals surface area (Å²) in [5.74, 6) is -0.870. The Bertz CT molecular complexity index is 445. The highest BCUT2D eigenvalue weighted by Gasteiger charge is 2.19. The number of hydrogen-bond acceptors (Lipinski definition) is 3. The van der Waals surface area contributed by atoms with Crippen LogP contribution < -0.4 is 5.32 Å². The van der Waals surface area contributed by atoms with Gasteiger partial charge in [0, 0.05) is 18.3 Å². The maximum absolute atomic E-state index is 11.2. The zero-order valence-corrected chi connectivity index (χ0v) is 10.9. The van der Waals surface area contributed by atoms with Crippen LogP contribution in [0.1, 0.15) is 28.8 Å². The Hall–Kier alpha value is -1.55. The summed E-state index contributed by atoms with van der Waals surface area (Å²) in [7, 11) is 2.10. The first-order chi connectivity index (χ1) is 8.56. The van der Waals surface area contributed by atoms with E-state index in [1.807, 2.05) is 19.1 Å². The minimum Gasteiger partial charge on any atom is -0.478 e. The number of hydrogen-bond donors (Lipinski definition) is 2. The van der Waals surface area contributed by atoms with Crippen LogP contribution in [0.25, 0.3) is 0 Å². The van der Waals surface area contributed by atoms with Crippen molar-refractivity contribution >= 4 is 11.7 Å². The zero-order chi connectivity index (χ0) is 13.1. The van der Waals surface area contributed by atoms with Crippen LogP contribution in [-0.2, 0) is 0 Å². The van der Waals surface area contributed by atoms with E-state index in [9.17, 15) is 9.90 Å². The van der Waals surface area contributed by atoms with Crippen LogP contribution >= 0.6 is 0 Å². The van der Waals surface area contributed by atoms with E-state index >= 15 is 0 Å². The lowest BCUT2D eigenvalue weighted by molar-refractivity contribution is 0.0697. The number of rotatable bonds is 3. The average molecular weight is 248 g/mol. The van der Waals surface area contributed by atoms with Gasteiger partial charge in [0.1, 0.15) is 0 Å². The summed E-state index contributed by atoms with van der Waals surface area (Å²) in [6, 6.07) is 5.87. The molecule has 1 unspecified atom stereocenters. The lowest BCUT2D eigenvalue weighted by atomic mass is 10.0. The molecule has 0 amide bonds. The van der Waals surface area contributed by atoms with E-state index in [1.165, 1.54) is 0 Å². The lowest BCUT2D eigenvalue weighted by Crippen LogP contribution is -2.40. The van der Waals surface area contributed by atoms with Crippen molar-refractivity contribution < 1.29 is 9.90 Å². The number of carbonyl (C=O) groups is 1. The fourth-order valence-electron chi connectivity index (χ4n) is 2.47. The SMILES string of the molecule is Cc1ccc(NC2CCCN(C)C2)c(C(=O)O)c1. The molecule has 1 aliphatic heterocycles. The van der Waals surface area contributed by atoms with Crippen molar-refractivity contribution in [2.45, 2.75) is 25.8 Å². The molecule has 0 aromatic heterocycles. The largest absolute Gasteiger partial charge is 0.478 e. The van der Waals surface area contributed by atoms with E-state index in [1.54, 1.807) is 6.07 Å². The Balaban J connectivity index is 2.15. The van der Waals surface area contributed by atoms with E-state index in [2.05, 4.69) is 17.3 Å². The third kappa shape index (κ3) is 3.01. The highest BCUT2D eigenvalue weighted by Crippen LogP contribution is 2.21. The number of aryl methyl sites for hydroxylation is 1. The van der Waals surface area contributed by atoms with Crippen molar-refractivity contribution in [2.75, 3.05) is 25.5 Å². The molecule has 1 aliphatic rings. The van der Waals surface area contributed by atoms with Gasteiger partial charge in [-0.2, -0.15) is 0 Å². The molecule has 98 valence electrons. The van der Waals surface area contributed by atoms with Gasteiger partial charge in [-0.1, -0.05) is 11.6 Å². The van der Waals surface area contributed by atoms with Crippen LogP contribution in [0.15, 0.2) is 18.2 Å². The molecule has 0 bridgehead atoms. The maximum atomic E-state index is 11.2. The molecule has 4 heteroatoms. The molecule has 0 radical (unpaired) electrons. The predicted molar refractivity (Wildman–Crippen MR) is 72.3 cm³/mol. The number of benzene rings is 1. The first-order valence-corrected chi connectivity index (χ1v) is 6.35. The maximum Gasteiger partial charge on any atom is 0.337 e. The van der Waals surface area contributed by atoms with Gasteiger partial charge in [-0.05, 0) is 45.5 Å². The van der Waals surface area contributed by atoms with Gasteiger partial charge in [0.05, 0.1) is 5.56 Å². The fourth-order valence-corrected chi connectivity index (χ4v) is 2.47. The molecular formula is C14H20N2O2. The normalized spacial score (nSPS) is 20.7. The molecule has 0 aliphatic carbocycles. The number of piperidine rings is 1. The number of likely N-dealkylation sites (tertiary alicyclic amines) is 1. The second-order valence-electron chi connectivity index (χ2n) is 5.10. The lowest BCUT2D eigenvalue weighted by Gasteiger charge is -2.31. The summed E-state index contributed by atoms with van der Waals surface area (Å²) in [6.07, 6.45) is 2.25. The minimum atomic E-state index is -0.870. The summed E-state index contributed by atoms with van der Waals surface area (Å²) in [6.45, 7) is 4.00. The number of nitrogens with one attached hydrogen (secondary N) is 1. The van der Waals surface area contributed by atoms with Crippen molar-refractivity contribution in [1.82, 2.24) is 4.90 Å².